The average Bonchev–Trinajstić information content (AvgIpc) is 2.94. The van der Waals surface area contributed by atoms with Gasteiger partial charge in [0, 0.05) is 15.7 Å². The fourth-order valence-corrected chi connectivity index (χ4v) is 2.26. The summed E-state index contributed by atoms with van der Waals surface area (Å²) in [6, 6.07) is 10.2. The van der Waals surface area contributed by atoms with E-state index in [0.717, 1.165) is 4.47 Å². The highest BCUT2D eigenvalue weighted by Crippen LogP contribution is 2.29. The second-order valence-corrected chi connectivity index (χ2v) is 5.53. The van der Waals surface area contributed by atoms with Crippen LogP contribution in [0.15, 0.2) is 45.4 Å². The van der Waals surface area contributed by atoms with Crippen LogP contribution in [0.1, 0.15) is 5.56 Å². The van der Waals surface area contributed by atoms with Crippen LogP contribution in [0.25, 0.3) is 22.8 Å². The van der Waals surface area contributed by atoms with E-state index in [4.69, 9.17) is 10.3 Å². The Morgan fingerprint density at radius 1 is 1.19 bits per heavy atom. The number of nitrogens with two attached hydrogens (primary N) is 1. The lowest BCUT2D eigenvalue weighted by Crippen LogP contribution is -1.90. The molecule has 2 aromatic carbocycles. The molecule has 1 aromatic heterocycles. The van der Waals surface area contributed by atoms with Crippen LogP contribution in [-0.2, 0) is 0 Å². The Morgan fingerprint density at radius 3 is 2.76 bits per heavy atom. The second-order valence-electron chi connectivity index (χ2n) is 4.62. The maximum Gasteiger partial charge on any atom is 0.260 e. The minimum atomic E-state index is -0.305. The van der Waals surface area contributed by atoms with E-state index in [0.29, 0.717) is 34.1 Å². The molecular weight excluding hydrogens is 337 g/mol. The van der Waals surface area contributed by atoms with Gasteiger partial charge in [0.1, 0.15) is 5.82 Å². The number of aromatic nitrogens is 2. The lowest BCUT2D eigenvalue weighted by atomic mass is 10.1. The summed E-state index contributed by atoms with van der Waals surface area (Å²) in [5.41, 5.74) is 8.20. The van der Waals surface area contributed by atoms with Crippen LogP contribution in [0.4, 0.5) is 10.1 Å². The molecule has 2 N–H and O–H groups in total. The Balaban J connectivity index is 2.03. The van der Waals surface area contributed by atoms with Crippen molar-refractivity contribution >= 4 is 21.6 Å². The molecule has 0 saturated heterocycles. The first kappa shape index (κ1) is 13.8. The number of anilines is 1. The number of halogens is 2. The van der Waals surface area contributed by atoms with E-state index in [-0.39, 0.29) is 5.82 Å². The quantitative estimate of drug-likeness (QED) is 0.705. The van der Waals surface area contributed by atoms with E-state index < -0.39 is 0 Å². The highest BCUT2D eigenvalue weighted by Gasteiger charge is 2.14. The molecule has 0 aliphatic carbocycles. The number of nitrogens with zero attached hydrogens (tertiary/aromatic N) is 2. The molecular formula is C15H11BrFN3O. The fourth-order valence-electron chi connectivity index (χ4n) is 1.90. The molecule has 0 fully saturated rings. The van der Waals surface area contributed by atoms with Crippen LogP contribution < -0.4 is 5.73 Å². The van der Waals surface area contributed by atoms with Crippen molar-refractivity contribution in [3.8, 4) is 22.8 Å². The Bertz CT molecular complexity index is 816. The Hall–Kier alpha value is -2.21. The summed E-state index contributed by atoms with van der Waals surface area (Å²) in [6.07, 6.45) is 0. The zero-order valence-electron chi connectivity index (χ0n) is 11.1. The van der Waals surface area contributed by atoms with Crippen molar-refractivity contribution in [1.29, 1.82) is 0 Å². The van der Waals surface area contributed by atoms with Gasteiger partial charge in [-0.15, -0.1) is 0 Å². The van der Waals surface area contributed by atoms with Crippen LogP contribution in [0.2, 0.25) is 0 Å². The molecule has 0 spiro atoms. The molecule has 0 atom stereocenters. The van der Waals surface area contributed by atoms with E-state index in [2.05, 4.69) is 26.1 Å². The van der Waals surface area contributed by atoms with Gasteiger partial charge in [-0.3, -0.25) is 0 Å². The Morgan fingerprint density at radius 2 is 2.00 bits per heavy atom. The maximum atomic E-state index is 13.6. The minimum absolute atomic E-state index is 0.296. The number of nitrogen functional groups attached to an aromatic ring is 1. The lowest BCUT2D eigenvalue weighted by Gasteiger charge is -2.00. The van der Waals surface area contributed by atoms with Gasteiger partial charge < -0.3 is 10.3 Å². The van der Waals surface area contributed by atoms with E-state index in [1.807, 2.05) is 6.07 Å². The zero-order valence-corrected chi connectivity index (χ0v) is 12.7. The zero-order chi connectivity index (χ0) is 15.0. The van der Waals surface area contributed by atoms with Crippen molar-refractivity contribution < 1.29 is 8.91 Å². The van der Waals surface area contributed by atoms with E-state index in [9.17, 15) is 4.39 Å². The topological polar surface area (TPSA) is 64.9 Å². The van der Waals surface area contributed by atoms with Gasteiger partial charge >= 0.3 is 0 Å². The fraction of sp³-hybridized carbons (Fsp3) is 0.0667. The standard InChI is InChI=1S/C15H11BrFN3O/c1-8-2-3-9(6-12(8)17)14-19-15(21-20-14)11-7-10(16)4-5-13(11)18/h2-7H,18H2,1H3. The molecule has 0 saturated carbocycles. The number of benzene rings is 2. The van der Waals surface area contributed by atoms with Gasteiger partial charge in [-0.05, 0) is 36.8 Å². The predicted molar refractivity (Wildman–Crippen MR) is 82.0 cm³/mol. The molecule has 4 nitrogen and oxygen atoms in total. The Labute approximate surface area is 128 Å². The molecule has 3 rings (SSSR count). The second kappa shape index (κ2) is 5.29. The summed E-state index contributed by atoms with van der Waals surface area (Å²) in [4.78, 5) is 4.28. The summed E-state index contributed by atoms with van der Waals surface area (Å²) in [7, 11) is 0. The highest BCUT2D eigenvalue weighted by molar-refractivity contribution is 9.10. The molecule has 0 radical (unpaired) electrons. The first-order chi connectivity index (χ1) is 10.0. The van der Waals surface area contributed by atoms with Crippen LogP contribution >= 0.6 is 15.9 Å². The summed E-state index contributed by atoms with van der Waals surface area (Å²) in [5.74, 6) is 0.314. The number of aryl methyl sites for hydroxylation is 1. The normalized spacial score (nSPS) is 10.8. The third-order valence-electron chi connectivity index (χ3n) is 3.10. The highest BCUT2D eigenvalue weighted by atomic mass is 79.9. The molecule has 0 aliphatic rings. The Kier molecular flexibility index (Phi) is 3.47. The smallest absolute Gasteiger partial charge is 0.260 e. The third kappa shape index (κ3) is 2.67. The molecule has 0 unspecified atom stereocenters. The molecule has 3 aromatic rings. The first-order valence-electron chi connectivity index (χ1n) is 6.20. The van der Waals surface area contributed by atoms with Crippen molar-refractivity contribution in [3.63, 3.8) is 0 Å². The van der Waals surface area contributed by atoms with Crippen LogP contribution in [0, 0.1) is 12.7 Å². The minimum Gasteiger partial charge on any atom is -0.398 e. The SMILES string of the molecule is Cc1ccc(-c2noc(-c3cc(Br)ccc3N)n2)cc1F. The molecule has 21 heavy (non-hydrogen) atoms. The third-order valence-corrected chi connectivity index (χ3v) is 3.60. The van der Waals surface area contributed by atoms with Gasteiger partial charge in [-0.25, -0.2) is 4.39 Å². The lowest BCUT2D eigenvalue weighted by molar-refractivity contribution is 0.432. The van der Waals surface area contributed by atoms with E-state index in [1.54, 1.807) is 31.2 Å². The number of rotatable bonds is 2. The predicted octanol–water partition coefficient (Wildman–Crippen LogP) is 4.20. The number of hydrogen-bond acceptors (Lipinski definition) is 4. The van der Waals surface area contributed by atoms with E-state index in [1.165, 1.54) is 6.07 Å². The van der Waals surface area contributed by atoms with Gasteiger partial charge in [0.2, 0.25) is 5.82 Å². The number of hydrogen-bond donors (Lipinski definition) is 1. The van der Waals surface area contributed by atoms with Gasteiger partial charge in [0.15, 0.2) is 0 Å². The van der Waals surface area contributed by atoms with Gasteiger partial charge in [0.25, 0.3) is 5.89 Å². The van der Waals surface area contributed by atoms with Crippen molar-refractivity contribution in [1.82, 2.24) is 10.1 Å². The average molecular weight is 348 g/mol. The van der Waals surface area contributed by atoms with Gasteiger partial charge in [0.05, 0.1) is 5.56 Å². The maximum absolute atomic E-state index is 13.6. The van der Waals surface area contributed by atoms with Crippen molar-refractivity contribution in [2.24, 2.45) is 0 Å². The monoisotopic (exact) mass is 347 g/mol. The van der Waals surface area contributed by atoms with Crippen molar-refractivity contribution in [3.05, 3.63) is 52.3 Å². The molecule has 0 amide bonds. The summed E-state index contributed by atoms with van der Waals surface area (Å²) >= 11 is 3.37. The molecule has 6 heteroatoms. The summed E-state index contributed by atoms with van der Waals surface area (Å²) in [6.45, 7) is 1.70. The molecule has 1 heterocycles. The largest absolute Gasteiger partial charge is 0.398 e. The summed E-state index contributed by atoms with van der Waals surface area (Å²) in [5, 5.41) is 3.88. The van der Waals surface area contributed by atoms with Crippen LogP contribution in [0.3, 0.4) is 0 Å². The van der Waals surface area contributed by atoms with Crippen LogP contribution in [0.5, 0.6) is 0 Å². The molecule has 0 aliphatic heterocycles. The van der Waals surface area contributed by atoms with Crippen LogP contribution in [-0.4, -0.2) is 10.1 Å². The summed E-state index contributed by atoms with van der Waals surface area (Å²) < 4.78 is 19.7. The molecule has 106 valence electrons. The van der Waals surface area contributed by atoms with Crippen molar-refractivity contribution in [2.45, 2.75) is 6.92 Å². The first-order valence-corrected chi connectivity index (χ1v) is 6.99. The molecule has 0 bridgehead atoms. The van der Waals surface area contributed by atoms with Crippen molar-refractivity contribution in [2.75, 3.05) is 5.73 Å². The van der Waals surface area contributed by atoms with E-state index >= 15 is 0 Å². The van der Waals surface area contributed by atoms with Gasteiger partial charge in [-0.2, -0.15) is 4.98 Å². The van der Waals surface area contributed by atoms with Gasteiger partial charge in [-0.1, -0.05) is 33.2 Å².